The molecule has 3 rings (SSSR count). The van der Waals surface area contributed by atoms with E-state index in [1.54, 1.807) is 12.1 Å². The quantitative estimate of drug-likeness (QED) is 0.713. The van der Waals surface area contributed by atoms with Gasteiger partial charge in [0.25, 0.3) is 0 Å². The van der Waals surface area contributed by atoms with Gasteiger partial charge in [-0.05, 0) is 40.8 Å². The van der Waals surface area contributed by atoms with Crippen LogP contribution in [0.25, 0.3) is 21.9 Å². The molecule has 0 amide bonds. The second-order valence-electron chi connectivity index (χ2n) is 4.79. The summed E-state index contributed by atoms with van der Waals surface area (Å²) in [7, 11) is 0. The van der Waals surface area contributed by atoms with Crippen LogP contribution in [0.4, 0.5) is 13.2 Å². The molecule has 112 valence electrons. The normalized spacial score (nSPS) is 11.6. The number of alkyl halides is 3. The lowest BCUT2D eigenvalue weighted by Gasteiger charge is -2.10. The van der Waals surface area contributed by atoms with Gasteiger partial charge in [0.05, 0.1) is 0 Å². The summed E-state index contributed by atoms with van der Waals surface area (Å²) in [6.07, 6.45) is -4.71. The third kappa shape index (κ3) is 2.98. The molecule has 0 spiro atoms. The zero-order valence-electron chi connectivity index (χ0n) is 11.3. The first-order chi connectivity index (χ1) is 10.4. The Hall–Kier alpha value is -2.69. The van der Waals surface area contributed by atoms with E-state index in [9.17, 15) is 18.3 Å². The largest absolute Gasteiger partial charge is 0.573 e. The average molecular weight is 304 g/mol. The van der Waals surface area contributed by atoms with Crippen LogP contribution < -0.4 is 4.74 Å². The maximum absolute atomic E-state index is 12.1. The van der Waals surface area contributed by atoms with Gasteiger partial charge >= 0.3 is 6.36 Å². The topological polar surface area (TPSA) is 29.5 Å². The van der Waals surface area contributed by atoms with Crippen molar-refractivity contribution in [2.45, 2.75) is 6.36 Å². The van der Waals surface area contributed by atoms with Crippen LogP contribution in [0.5, 0.6) is 11.5 Å². The minimum Gasteiger partial charge on any atom is -0.507 e. The minimum atomic E-state index is -4.71. The molecule has 0 saturated heterocycles. The molecule has 0 heterocycles. The number of hydrogen-bond donors (Lipinski definition) is 1. The maximum Gasteiger partial charge on any atom is 0.573 e. The minimum absolute atomic E-state index is 0.128. The van der Waals surface area contributed by atoms with Crippen molar-refractivity contribution < 1.29 is 23.0 Å². The van der Waals surface area contributed by atoms with Gasteiger partial charge in [0.15, 0.2) is 0 Å². The first-order valence-corrected chi connectivity index (χ1v) is 6.50. The number of benzene rings is 3. The van der Waals surface area contributed by atoms with Gasteiger partial charge < -0.3 is 9.84 Å². The Bertz CT molecular complexity index is 808. The van der Waals surface area contributed by atoms with Crippen molar-refractivity contribution in [3.8, 4) is 22.6 Å². The Morgan fingerprint density at radius 2 is 1.50 bits per heavy atom. The fourth-order valence-corrected chi connectivity index (χ4v) is 2.31. The van der Waals surface area contributed by atoms with Gasteiger partial charge in [-0.3, -0.25) is 0 Å². The number of aromatic hydroxyl groups is 1. The summed E-state index contributed by atoms with van der Waals surface area (Å²) < 4.78 is 40.2. The molecule has 1 N–H and O–H groups in total. The lowest BCUT2D eigenvalue weighted by atomic mass is 10.0. The van der Waals surface area contributed by atoms with Crippen molar-refractivity contribution in [2.75, 3.05) is 0 Å². The van der Waals surface area contributed by atoms with E-state index in [1.807, 2.05) is 24.3 Å². The van der Waals surface area contributed by atoms with Crippen LogP contribution in [0.3, 0.4) is 0 Å². The number of halogens is 3. The van der Waals surface area contributed by atoms with Crippen LogP contribution in [0.2, 0.25) is 0 Å². The molecule has 22 heavy (non-hydrogen) atoms. The standard InChI is InChI=1S/C17H11F3O2/c18-17(19,20)22-14-7-5-11(6-8-14)13-9-12-3-1-2-4-15(12)16(21)10-13/h1-10,21H. The molecule has 0 aliphatic heterocycles. The van der Waals surface area contributed by atoms with Gasteiger partial charge in [-0.15, -0.1) is 13.2 Å². The van der Waals surface area contributed by atoms with Gasteiger partial charge in [-0.25, -0.2) is 0 Å². The number of phenols is 1. The second-order valence-corrected chi connectivity index (χ2v) is 4.79. The van der Waals surface area contributed by atoms with Crippen molar-refractivity contribution in [1.82, 2.24) is 0 Å². The summed E-state index contributed by atoms with van der Waals surface area (Å²) in [6.45, 7) is 0. The fraction of sp³-hybridized carbons (Fsp3) is 0.0588. The third-order valence-electron chi connectivity index (χ3n) is 3.26. The monoisotopic (exact) mass is 304 g/mol. The summed E-state index contributed by atoms with van der Waals surface area (Å²) >= 11 is 0. The van der Waals surface area contributed by atoms with Crippen LogP contribution in [0.15, 0.2) is 60.7 Å². The molecule has 0 radical (unpaired) electrons. The highest BCUT2D eigenvalue weighted by molar-refractivity contribution is 5.92. The Labute approximate surface area is 124 Å². The highest BCUT2D eigenvalue weighted by Gasteiger charge is 2.30. The summed E-state index contributed by atoms with van der Waals surface area (Å²) in [5.74, 6) is -0.148. The van der Waals surface area contributed by atoms with E-state index < -0.39 is 6.36 Å². The van der Waals surface area contributed by atoms with Gasteiger partial charge in [-0.1, -0.05) is 36.4 Å². The van der Waals surface area contributed by atoms with Crippen molar-refractivity contribution >= 4 is 10.8 Å². The Kier molecular flexibility index (Phi) is 3.41. The first-order valence-electron chi connectivity index (χ1n) is 6.50. The summed E-state index contributed by atoms with van der Waals surface area (Å²) in [5.41, 5.74) is 1.41. The summed E-state index contributed by atoms with van der Waals surface area (Å²) in [4.78, 5) is 0. The molecule has 0 fully saturated rings. The smallest absolute Gasteiger partial charge is 0.507 e. The average Bonchev–Trinajstić information content (AvgIpc) is 2.46. The molecular formula is C17H11F3O2. The van der Waals surface area contributed by atoms with E-state index in [2.05, 4.69) is 4.74 Å². The molecular weight excluding hydrogens is 293 g/mol. The van der Waals surface area contributed by atoms with Crippen LogP contribution in [0, 0.1) is 0 Å². The van der Waals surface area contributed by atoms with Crippen LogP contribution in [-0.4, -0.2) is 11.5 Å². The van der Waals surface area contributed by atoms with Crippen LogP contribution in [0.1, 0.15) is 0 Å². The van der Waals surface area contributed by atoms with Crippen LogP contribution in [-0.2, 0) is 0 Å². The highest BCUT2D eigenvalue weighted by atomic mass is 19.4. The Morgan fingerprint density at radius 1 is 0.818 bits per heavy atom. The summed E-state index contributed by atoms with van der Waals surface area (Å²) in [5, 5.41) is 11.6. The number of hydrogen-bond acceptors (Lipinski definition) is 2. The lowest BCUT2D eigenvalue weighted by molar-refractivity contribution is -0.274. The van der Waals surface area contributed by atoms with E-state index in [0.29, 0.717) is 5.56 Å². The number of rotatable bonds is 2. The predicted molar refractivity (Wildman–Crippen MR) is 77.7 cm³/mol. The molecule has 3 aromatic rings. The van der Waals surface area contributed by atoms with Crippen molar-refractivity contribution in [1.29, 1.82) is 0 Å². The molecule has 2 nitrogen and oxygen atoms in total. The number of ether oxygens (including phenoxy) is 1. The molecule has 0 saturated carbocycles. The molecule has 0 aliphatic rings. The van der Waals surface area contributed by atoms with Gasteiger partial charge in [0.1, 0.15) is 11.5 Å². The van der Waals surface area contributed by atoms with Gasteiger partial charge in [-0.2, -0.15) is 0 Å². The van der Waals surface area contributed by atoms with E-state index in [1.165, 1.54) is 24.3 Å². The van der Waals surface area contributed by atoms with Gasteiger partial charge in [0.2, 0.25) is 0 Å². The van der Waals surface area contributed by atoms with E-state index in [-0.39, 0.29) is 11.5 Å². The van der Waals surface area contributed by atoms with Crippen molar-refractivity contribution in [3.63, 3.8) is 0 Å². The highest BCUT2D eigenvalue weighted by Crippen LogP contribution is 2.33. The molecule has 0 atom stereocenters. The third-order valence-corrected chi connectivity index (χ3v) is 3.26. The number of phenolic OH excluding ortho intramolecular Hbond substituents is 1. The van der Waals surface area contributed by atoms with E-state index in [0.717, 1.165) is 16.3 Å². The SMILES string of the molecule is Oc1cc(-c2ccc(OC(F)(F)F)cc2)cc2ccccc12. The first kappa shape index (κ1) is 14.3. The van der Waals surface area contributed by atoms with Gasteiger partial charge in [0, 0.05) is 5.39 Å². The maximum atomic E-state index is 12.1. The molecule has 0 unspecified atom stereocenters. The molecule has 0 aliphatic carbocycles. The predicted octanol–water partition coefficient (Wildman–Crippen LogP) is 5.11. The Morgan fingerprint density at radius 3 is 2.18 bits per heavy atom. The summed E-state index contributed by atoms with van der Waals surface area (Å²) in [6, 6.07) is 16.3. The molecule has 3 aromatic carbocycles. The zero-order chi connectivity index (χ0) is 15.7. The Balaban J connectivity index is 1.97. The zero-order valence-corrected chi connectivity index (χ0v) is 11.3. The fourth-order valence-electron chi connectivity index (χ4n) is 2.31. The van der Waals surface area contributed by atoms with E-state index in [4.69, 9.17) is 0 Å². The molecule has 5 heteroatoms. The van der Waals surface area contributed by atoms with Crippen LogP contribution >= 0.6 is 0 Å². The number of fused-ring (bicyclic) bond motifs is 1. The van der Waals surface area contributed by atoms with Crippen molar-refractivity contribution in [3.05, 3.63) is 60.7 Å². The second kappa shape index (κ2) is 5.26. The molecule has 0 aromatic heterocycles. The van der Waals surface area contributed by atoms with Crippen molar-refractivity contribution in [2.24, 2.45) is 0 Å². The van der Waals surface area contributed by atoms with E-state index >= 15 is 0 Å². The molecule has 0 bridgehead atoms. The lowest BCUT2D eigenvalue weighted by Crippen LogP contribution is -2.16.